The average Bonchev–Trinajstić information content (AvgIpc) is 2.25. The van der Waals surface area contributed by atoms with Crippen molar-refractivity contribution < 1.29 is 19.1 Å². The highest BCUT2D eigenvalue weighted by atomic mass is 32.2. The van der Waals surface area contributed by atoms with Crippen LogP contribution in [0.1, 0.15) is 13.8 Å². The monoisotopic (exact) mass is 288 g/mol. The molecule has 0 aromatic carbocycles. The van der Waals surface area contributed by atoms with Gasteiger partial charge in [0.05, 0.1) is 0 Å². The molecule has 0 aromatic rings. The molecule has 0 amide bonds. The summed E-state index contributed by atoms with van der Waals surface area (Å²) in [6, 6.07) is 0. The van der Waals surface area contributed by atoms with E-state index in [0.29, 0.717) is 36.1 Å². The van der Waals surface area contributed by atoms with Gasteiger partial charge in [-0.1, -0.05) is 0 Å². The minimum Gasteiger partial charge on any atom is -0.462 e. The van der Waals surface area contributed by atoms with E-state index in [2.05, 4.69) is 0 Å². The van der Waals surface area contributed by atoms with Crippen LogP contribution in [0.5, 0.6) is 0 Å². The van der Waals surface area contributed by atoms with Crippen LogP contribution < -0.4 is 11.5 Å². The van der Waals surface area contributed by atoms with E-state index < -0.39 is 11.9 Å². The fraction of sp³-hybridized carbons (Fsp3) is 0.500. The number of thioether (sulfide) groups is 1. The van der Waals surface area contributed by atoms with Crippen molar-refractivity contribution in [3.8, 4) is 0 Å². The normalized spacial score (nSPS) is 12.1. The Balaban J connectivity index is 3.47. The molecule has 0 aliphatic carbocycles. The molecule has 0 saturated carbocycles. The average molecular weight is 288 g/mol. The zero-order valence-corrected chi connectivity index (χ0v) is 12.0. The van der Waals surface area contributed by atoms with E-state index in [0.717, 1.165) is 0 Å². The van der Waals surface area contributed by atoms with Gasteiger partial charge in [-0.15, -0.1) is 0 Å². The number of allylic oxidation sites excluding steroid dienone is 2. The van der Waals surface area contributed by atoms with E-state index in [1.54, 1.807) is 13.8 Å². The second-order valence-corrected chi connectivity index (χ2v) is 4.95. The molecule has 0 atom stereocenters. The van der Waals surface area contributed by atoms with Gasteiger partial charge in [-0.05, 0) is 13.8 Å². The lowest BCUT2D eigenvalue weighted by Gasteiger charge is -2.03. The number of ether oxygens (including phenoxy) is 2. The quantitative estimate of drug-likeness (QED) is 0.381. The third-order valence-corrected chi connectivity index (χ3v) is 2.55. The number of carbonyl (C=O) groups is 2. The second kappa shape index (κ2) is 10.3. The van der Waals surface area contributed by atoms with Crippen molar-refractivity contribution in [1.29, 1.82) is 0 Å². The molecule has 0 aliphatic rings. The number of carbonyl (C=O) groups excluding carboxylic acids is 2. The van der Waals surface area contributed by atoms with Gasteiger partial charge >= 0.3 is 11.9 Å². The molecular formula is C12H20N2O4S. The lowest BCUT2D eigenvalue weighted by Crippen LogP contribution is -2.09. The smallest absolute Gasteiger partial charge is 0.332 e. The van der Waals surface area contributed by atoms with E-state index >= 15 is 0 Å². The van der Waals surface area contributed by atoms with E-state index in [4.69, 9.17) is 20.9 Å². The summed E-state index contributed by atoms with van der Waals surface area (Å²) < 4.78 is 9.77. The fourth-order valence-corrected chi connectivity index (χ4v) is 1.57. The Hall–Kier alpha value is -1.63. The van der Waals surface area contributed by atoms with Crippen molar-refractivity contribution >= 4 is 23.7 Å². The number of nitrogens with two attached hydrogens (primary N) is 2. The van der Waals surface area contributed by atoms with Crippen molar-refractivity contribution in [3.63, 3.8) is 0 Å². The fourth-order valence-electron chi connectivity index (χ4n) is 0.960. The summed E-state index contributed by atoms with van der Waals surface area (Å²) in [6.45, 7) is 3.82. The van der Waals surface area contributed by atoms with Crippen molar-refractivity contribution in [2.24, 2.45) is 11.5 Å². The van der Waals surface area contributed by atoms with Crippen LogP contribution in [0.15, 0.2) is 23.5 Å². The standard InChI is InChI=1S/C12H20N2O4S/c1-9(13)7-11(15)17-3-5-19-6-4-18-12(16)8-10(2)14/h7-8H,3-6,13-14H2,1-2H3/b9-7-,10-8+. The first-order valence-corrected chi connectivity index (χ1v) is 6.86. The largest absolute Gasteiger partial charge is 0.462 e. The van der Waals surface area contributed by atoms with Crippen LogP contribution in [0.2, 0.25) is 0 Å². The Morgan fingerprint density at radius 1 is 0.947 bits per heavy atom. The minimum atomic E-state index is -0.449. The molecule has 0 radical (unpaired) electrons. The first-order chi connectivity index (χ1) is 8.91. The predicted octanol–water partition coefficient (Wildman–Crippen LogP) is 0.531. The summed E-state index contributed by atoms with van der Waals surface area (Å²) in [5, 5.41) is 0. The minimum absolute atomic E-state index is 0.295. The van der Waals surface area contributed by atoms with Gasteiger partial charge in [-0.2, -0.15) is 11.8 Å². The summed E-state index contributed by atoms with van der Waals surface area (Å²) >= 11 is 1.52. The first kappa shape index (κ1) is 17.4. The van der Waals surface area contributed by atoms with Gasteiger partial charge < -0.3 is 20.9 Å². The van der Waals surface area contributed by atoms with Crippen LogP contribution in [0.3, 0.4) is 0 Å². The summed E-state index contributed by atoms with van der Waals surface area (Å²) in [6.07, 6.45) is 2.46. The van der Waals surface area contributed by atoms with Gasteiger partial charge in [0.25, 0.3) is 0 Å². The molecular weight excluding hydrogens is 268 g/mol. The molecule has 0 heterocycles. The highest BCUT2D eigenvalue weighted by Gasteiger charge is 2.00. The Morgan fingerprint density at radius 3 is 1.63 bits per heavy atom. The number of esters is 2. The molecule has 7 heteroatoms. The Morgan fingerprint density at radius 2 is 1.32 bits per heavy atom. The molecule has 0 spiro atoms. The van der Waals surface area contributed by atoms with Gasteiger partial charge in [0.1, 0.15) is 13.2 Å². The van der Waals surface area contributed by atoms with Crippen LogP contribution in [-0.4, -0.2) is 36.7 Å². The molecule has 0 bridgehead atoms. The summed E-state index contributed by atoms with van der Waals surface area (Å²) in [5.74, 6) is 0.366. The maximum absolute atomic E-state index is 11.1. The zero-order valence-electron chi connectivity index (χ0n) is 11.2. The maximum Gasteiger partial charge on any atom is 0.332 e. The van der Waals surface area contributed by atoms with E-state index in [1.807, 2.05) is 0 Å². The van der Waals surface area contributed by atoms with Gasteiger partial charge in [0, 0.05) is 35.1 Å². The SMILES string of the molecule is C/C(N)=C/C(=O)OCCSCCOC(=O)/C=C(\C)N. The summed E-state index contributed by atoms with van der Waals surface area (Å²) in [4.78, 5) is 22.1. The molecule has 108 valence electrons. The first-order valence-electron chi connectivity index (χ1n) is 5.70. The van der Waals surface area contributed by atoms with Gasteiger partial charge in [0.2, 0.25) is 0 Å². The third kappa shape index (κ3) is 12.6. The lowest BCUT2D eigenvalue weighted by molar-refractivity contribution is -0.137. The molecule has 0 saturated heterocycles. The lowest BCUT2D eigenvalue weighted by atomic mass is 10.4. The van der Waals surface area contributed by atoms with Crippen LogP contribution in [0, 0.1) is 0 Å². The molecule has 0 rings (SSSR count). The van der Waals surface area contributed by atoms with Crippen LogP contribution >= 0.6 is 11.8 Å². The Bertz CT molecular complexity index is 325. The molecule has 0 fully saturated rings. The van der Waals surface area contributed by atoms with E-state index in [1.165, 1.54) is 23.9 Å². The topological polar surface area (TPSA) is 105 Å². The maximum atomic E-state index is 11.1. The highest BCUT2D eigenvalue weighted by Crippen LogP contribution is 2.00. The van der Waals surface area contributed by atoms with Crippen LogP contribution in [0.25, 0.3) is 0 Å². The predicted molar refractivity (Wildman–Crippen MR) is 75.1 cm³/mol. The van der Waals surface area contributed by atoms with E-state index in [-0.39, 0.29) is 0 Å². The Labute approximate surface area is 117 Å². The third-order valence-electron chi connectivity index (χ3n) is 1.64. The van der Waals surface area contributed by atoms with Crippen molar-refractivity contribution in [2.45, 2.75) is 13.8 Å². The highest BCUT2D eigenvalue weighted by molar-refractivity contribution is 7.99. The molecule has 4 N–H and O–H groups in total. The summed E-state index contributed by atoms with van der Waals surface area (Å²) in [5.41, 5.74) is 11.5. The number of rotatable bonds is 8. The van der Waals surface area contributed by atoms with Gasteiger partial charge in [0.15, 0.2) is 0 Å². The number of hydrogen-bond acceptors (Lipinski definition) is 7. The molecule has 0 unspecified atom stereocenters. The van der Waals surface area contributed by atoms with Crippen molar-refractivity contribution in [3.05, 3.63) is 23.5 Å². The van der Waals surface area contributed by atoms with Crippen LogP contribution in [-0.2, 0) is 19.1 Å². The summed E-state index contributed by atoms with van der Waals surface area (Å²) in [7, 11) is 0. The molecule has 0 aliphatic heterocycles. The molecule has 6 nitrogen and oxygen atoms in total. The van der Waals surface area contributed by atoms with Crippen molar-refractivity contribution in [1.82, 2.24) is 0 Å². The van der Waals surface area contributed by atoms with Gasteiger partial charge in [-0.25, -0.2) is 9.59 Å². The van der Waals surface area contributed by atoms with Crippen molar-refractivity contribution in [2.75, 3.05) is 24.7 Å². The molecule has 0 aromatic heterocycles. The zero-order chi connectivity index (χ0) is 14.7. The second-order valence-electron chi connectivity index (χ2n) is 3.72. The Kier molecular flexibility index (Phi) is 9.42. The van der Waals surface area contributed by atoms with Gasteiger partial charge in [-0.3, -0.25) is 0 Å². The number of hydrogen-bond donors (Lipinski definition) is 2. The van der Waals surface area contributed by atoms with E-state index in [9.17, 15) is 9.59 Å². The molecule has 19 heavy (non-hydrogen) atoms. The van der Waals surface area contributed by atoms with Crippen LogP contribution in [0.4, 0.5) is 0 Å².